The number of hydrogen-bond donors (Lipinski definition) is 0. The summed E-state index contributed by atoms with van der Waals surface area (Å²) >= 11 is 0. The maximum Gasteiger partial charge on any atom is -0.00263 e. The molecule has 0 heterocycles. The van der Waals surface area contributed by atoms with Gasteiger partial charge in [0.25, 0.3) is 0 Å². The molecule has 0 aromatic heterocycles. The largest absolute Gasteiger partial charge is 0.0837 e. The van der Waals surface area contributed by atoms with Gasteiger partial charge >= 0.3 is 0 Å². The fraction of sp³-hybridized carbons (Fsp3) is 0.375. The Kier molecular flexibility index (Phi) is 3.61. The zero-order valence-electron chi connectivity index (χ0n) is 10.2. The van der Waals surface area contributed by atoms with Gasteiger partial charge in [0.05, 0.1) is 0 Å². The lowest BCUT2D eigenvalue weighted by Gasteiger charge is -2.21. The van der Waals surface area contributed by atoms with Gasteiger partial charge in [-0.2, -0.15) is 0 Å². The molecule has 0 radical (unpaired) electrons. The molecule has 0 bridgehead atoms. The second-order valence-corrected chi connectivity index (χ2v) is 4.61. The summed E-state index contributed by atoms with van der Waals surface area (Å²) in [5.41, 5.74) is 4.52. The molecule has 16 heavy (non-hydrogen) atoms. The highest BCUT2D eigenvalue weighted by atomic mass is 14.2. The van der Waals surface area contributed by atoms with Crippen LogP contribution in [0.4, 0.5) is 0 Å². The molecule has 0 heteroatoms. The number of hydrogen-bond acceptors (Lipinski definition) is 0. The van der Waals surface area contributed by atoms with Crippen LogP contribution >= 0.6 is 0 Å². The van der Waals surface area contributed by atoms with E-state index >= 15 is 0 Å². The van der Waals surface area contributed by atoms with Crippen molar-refractivity contribution in [3.63, 3.8) is 0 Å². The molecule has 1 aromatic rings. The lowest BCUT2D eigenvalue weighted by atomic mass is 9.84. The van der Waals surface area contributed by atoms with Crippen molar-refractivity contribution in [3.05, 3.63) is 59.2 Å². The molecule has 1 aliphatic carbocycles. The third kappa shape index (κ3) is 2.44. The Morgan fingerprint density at radius 2 is 1.94 bits per heavy atom. The summed E-state index contributed by atoms with van der Waals surface area (Å²) in [6.07, 6.45) is 8.21. The molecule has 0 fully saturated rings. The van der Waals surface area contributed by atoms with Crippen molar-refractivity contribution >= 4 is 0 Å². The van der Waals surface area contributed by atoms with Crippen LogP contribution in [-0.2, 0) is 6.42 Å². The van der Waals surface area contributed by atoms with Gasteiger partial charge in [0.2, 0.25) is 0 Å². The van der Waals surface area contributed by atoms with E-state index in [2.05, 4.69) is 56.3 Å². The van der Waals surface area contributed by atoms with Gasteiger partial charge in [-0.15, -0.1) is 0 Å². The van der Waals surface area contributed by atoms with E-state index in [1.165, 1.54) is 24.0 Å². The Morgan fingerprint density at radius 3 is 2.62 bits per heavy atom. The van der Waals surface area contributed by atoms with Crippen molar-refractivity contribution in [3.8, 4) is 0 Å². The van der Waals surface area contributed by atoms with Crippen molar-refractivity contribution in [2.24, 2.45) is 5.92 Å². The summed E-state index contributed by atoms with van der Waals surface area (Å²) in [5.74, 6) is 0.767. The molecule has 1 atom stereocenters. The van der Waals surface area contributed by atoms with Crippen LogP contribution in [0, 0.1) is 5.92 Å². The zero-order valence-corrected chi connectivity index (χ0v) is 10.2. The lowest BCUT2D eigenvalue weighted by molar-refractivity contribution is 0.586. The third-order valence-electron chi connectivity index (χ3n) is 3.59. The first-order chi connectivity index (χ1) is 7.81. The van der Waals surface area contributed by atoms with E-state index in [0.717, 1.165) is 12.3 Å². The first kappa shape index (κ1) is 11.2. The van der Waals surface area contributed by atoms with Gasteiger partial charge in [0.15, 0.2) is 0 Å². The van der Waals surface area contributed by atoms with Crippen LogP contribution in [0.2, 0.25) is 0 Å². The molecule has 0 spiro atoms. The molecule has 2 rings (SSSR count). The predicted molar refractivity (Wildman–Crippen MR) is 70.4 cm³/mol. The summed E-state index contributed by atoms with van der Waals surface area (Å²) < 4.78 is 0. The van der Waals surface area contributed by atoms with E-state index in [4.69, 9.17) is 0 Å². The number of benzene rings is 1. The summed E-state index contributed by atoms with van der Waals surface area (Å²) in [6, 6.07) is 10.7. The Morgan fingerprint density at radius 1 is 1.19 bits per heavy atom. The molecule has 1 aromatic carbocycles. The van der Waals surface area contributed by atoms with Gasteiger partial charge < -0.3 is 0 Å². The highest BCUT2D eigenvalue weighted by Gasteiger charge is 2.14. The Hall–Kier alpha value is -1.30. The van der Waals surface area contributed by atoms with Gasteiger partial charge in [-0.25, -0.2) is 0 Å². The van der Waals surface area contributed by atoms with Gasteiger partial charge in [0, 0.05) is 0 Å². The minimum atomic E-state index is 0.767. The molecule has 1 unspecified atom stereocenters. The standard InChI is InChI=1S/C16H20/c1-3-15-10-7-11-16(13(15)2)12-14-8-5-4-6-9-14/h4-9,11,15H,3,10,12H2,1-2H3. The van der Waals surface area contributed by atoms with E-state index in [1.807, 2.05) is 0 Å². The van der Waals surface area contributed by atoms with E-state index < -0.39 is 0 Å². The van der Waals surface area contributed by atoms with Crippen LogP contribution < -0.4 is 0 Å². The molecule has 1 aliphatic rings. The van der Waals surface area contributed by atoms with E-state index in [-0.39, 0.29) is 0 Å². The van der Waals surface area contributed by atoms with Gasteiger partial charge in [-0.3, -0.25) is 0 Å². The van der Waals surface area contributed by atoms with Crippen LogP contribution in [0.5, 0.6) is 0 Å². The molecular formula is C16H20. The average Bonchev–Trinajstić information content (AvgIpc) is 2.33. The fourth-order valence-electron chi connectivity index (χ4n) is 2.43. The summed E-state index contributed by atoms with van der Waals surface area (Å²) in [6.45, 7) is 4.59. The number of allylic oxidation sites excluding steroid dienone is 4. The maximum atomic E-state index is 2.33. The Bertz CT molecular complexity index is 395. The minimum absolute atomic E-state index is 0.767. The molecule has 0 aliphatic heterocycles. The molecule has 84 valence electrons. The highest BCUT2D eigenvalue weighted by Crippen LogP contribution is 2.29. The molecule has 0 saturated heterocycles. The molecule has 0 amide bonds. The van der Waals surface area contributed by atoms with Gasteiger partial charge in [0.1, 0.15) is 0 Å². The van der Waals surface area contributed by atoms with Crippen LogP contribution in [-0.4, -0.2) is 0 Å². The Balaban J connectivity index is 2.18. The third-order valence-corrected chi connectivity index (χ3v) is 3.59. The molecule has 0 N–H and O–H groups in total. The predicted octanol–water partition coefficient (Wildman–Crippen LogP) is 4.53. The normalized spacial score (nSPS) is 20.2. The van der Waals surface area contributed by atoms with Crippen molar-refractivity contribution in [2.45, 2.75) is 33.1 Å². The second-order valence-electron chi connectivity index (χ2n) is 4.61. The second kappa shape index (κ2) is 5.16. The lowest BCUT2D eigenvalue weighted by Crippen LogP contribution is -2.07. The molecule has 0 nitrogen and oxygen atoms in total. The molecular weight excluding hydrogens is 192 g/mol. The fourth-order valence-corrected chi connectivity index (χ4v) is 2.43. The van der Waals surface area contributed by atoms with Gasteiger partial charge in [-0.1, -0.05) is 55.0 Å². The van der Waals surface area contributed by atoms with E-state index in [1.54, 1.807) is 5.57 Å². The first-order valence-electron chi connectivity index (χ1n) is 6.21. The van der Waals surface area contributed by atoms with Crippen LogP contribution in [0.25, 0.3) is 0 Å². The topological polar surface area (TPSA) is 0 Å². The summed E-state index contributed by atoms with van der Waals surface area (Å²) in [7, 11) is 0. The molecule has 0 saturated carbocycles. The SMILES string of the molecule is CCC1CC=CC(Cc2ccccc2)=C1C. The van der Waals surface area contributed by atoms with Crippen molar-refractivity contribution in [1.82, 2.24) is 0 Å². The zero-order chi connectivity index (χ0) is 11.4. The monoisotopic (exact) mass is 212 g/mol. The Labute approximate surface area is 98.7 Å². The van der Waals surface area contributed by atoms with E-state index in [9.17, 15) is 0 Å². The van der Waals surface area contributed by atoms with Crippen LogP contribution in [0.15, 0.2) is 53.6 Å². The quantitative estimate of drug-likeness (QED) is 0.690. The summed E-state index contributed by atoms with van der Waals surface area (Å²) in [4.78, 5) is 0. The van der Waals surface area contributed by atoms with Crippen molar-refractivity contribution < 1.29 is 0 Å². The van der Waals surface area contributed by atoms with Gasteiger partial charge in [-0.05, 0) is 43.2 Å². The summed E-state index contributed by atoms with van der Waals surface area (Å²) in [5, 5.41) is 0. The van der Waals surface area contributed by atoms with Crippen LogP contribution in [0.3, 0.4) is 0 Å². The van der Waals surface area contributed by atoms with Crippen molar-refractivity contribution in [2.75, 3.05) is 0 Å². The van der Waals surface area contributed by atoms with E-state index in [0.29, 0.717) is 0 Å². The minimum Gasteiger partial charge on any atom is -0.0837 e. The first-order valence-corrected chi connectivity index (χ1v) is 6.21. The van der Waals surface area contributed by atoms with Crippen molar-refractivity contribution in [1.29, 1.82) is 0 Å². The number of rotatable bonds is 3. The van der Waals surface area contributed by atoms with Crippen LogP contribution in [0.1, 0.15) is 32.3 Å². The smallest absolute Gasteiger partial charge is 0.00263 e. The highest BCUT2D eigenvalue weighted by molar-refractivity contribution is 5.35. The maximum absolute atomic E-state index is 2.33. The average molecular weight is 212 g/mol.